The number of nitrogens with zero attached hydrogens (tertiary/aromatic N) is 1. The molecule has 0 aromatic carbocycles. The van der Waals surface area contributed by atoms with Gasteiger partial charge in [-0.05, 0) is 6.42 Å². The van der Waals surface area contributed by atoms with E-state index < -0.39 is 0 Å². The second kappa shape index (κ2) is 4.42. The summed E-state index contributed by atoms with van der Waals surface area (Å²) in [5, 5.41) is 0. The average molecular weight is 192 g/mol. The highest BCUT2D eigenvalue weighted by molar-refractivity contribution is 6.17. The molecule has 0 radical (unpaired) electrons. The van der Waals surface area contributed by atoms with Crippen LogP contribution in [0.25, 0.3) is 0 Å². The van der Waals surface area contributed by atoms with Crippen LogP contribution in [0.15, 0.2) is 0 Å². The van der Waals surface area contributed by atoms with Crippen molar-refractivity contribution in [3.05, 3.63) is 0 Å². The molecule has 1 rings (SSSR count). The molecule has 0 aromatic rings. The number of carbonyl (C=O) groups is 2. The van der Waals surface area contributed by atoms with Gasteiger partial charge in [0.1, 0.15) is 13.2 Å². The van der Waals surface area contributed by atoms with Crippen molar-refractivity contribution in [2.45, 2.75) is 6.42 Å². The number of imide groups is 1. The zero-order chi connectivity index (χ0) is 8.97. The van der Waals surface area contributed by atoms with Gasteiger partial charge in [0.05, 0.1) is 0 Å². The number of amides is 2. The van der Waals surface area contributed by atoms with Crippen LogP contribution in [0.4, 0.5) is 0 Å². The van der Waals surface area contributed by atoms with Crippen LogP contribution in [-0.4, -0.2) is 42.4 Å². The predicted molar refractivity (Wildman–Crippen MR) is 42.9 cm³/mol. The van der Waals surface area contributed by atoms with Crippen LogP contribution in [0.5, 0.6) is 0 Å². The molecule has 0 spiro atoms. The van der Waals surface area contributed by atoms with Gasteiger partial charge in [-0.25, -0.2) is 0 Å². The van der Waals surface area contributed by atoms with Gasteiger partial charge in [-0.3, -0.25) is 14.5 Å². The smallest absolute Gasteiger partial charge is 0.255 e. The van der Waals surface area contributed by atoms with Crippen LogP contribution in [0.1, 0.15) is 6.42 Å². The molecule has 5 heteroatoms. The van der Waals surface area contributed by atoms with E-state index in [0.717, 1.165) is 0 Å². The minimum Gasteiger partial charge on any atom is -0.362 e. The summed E-state index contributed by atoms with van der Waals surface area (Å²) in [7, 11) is 0. The summed E-state index contributed by atoms with van der Waals surface area (Å²) in [6.07, 6.45) is 0.638. The van der Waals surface area contributed by atoms with Gasteiger partial charge < -0.3 is 4.74 Å². The number of morpholine rings is 1. The van der Waals surface area contributed by atoms with E-state index in [1.165, 1.54) is 4.90 Å². The molecule has 68 valence electrons. The summed E-state index contributed by atoms with van der Waals surface area (Å²) < 4.78 is 4.73. The van der Waals surface area contributed by atoms with Gasteiger partial charge in [-0.1, -0.05) is 0 Å². The first-order valence-corrected chi connectivity index (χ1v) is 4.26. The highest BCUT2D eigenvalue weighted by Gasteiger charge is 2.25. The molecule has 1 heterocycles. The Kier molecular flexibility index (Phi) is 3.49. The Hall–Kier alpha value is -0.610. The molecule has 0 aliphatic carbocycles. The number of rotatable bonds is 3. The van der Waals surface area contributed by atoms with E-state index in [1.807, 2.05) is 0 Å². The summed E-state index contributed by atoms with van der Waals surface area (Å²) in [5.41, 5.74) is 0. The van der Waals surface area contributed by atoms with Crippen molar-refractivity contribution < 1.29 is 14.3 Å². The predicted octanol–water partition coefficient (Wildman–Crippen LogP) is 0.000700. The van der Waals surface area contributed by atoms with E-state index in [-0.39, 0.29) is 25.0 Å². The van der Waals surface area contributed by atoms with Gasteiger partial charge in [0.15, 0.2) is 0 Å². The zero-order valence-corrected chi connectivity index (χ0v) is 7.34. The molecule has 2 amide bonds. The van der Waals surface area contributed by atoms with Crippen LogP contribution < -0.4 is 0 Å². The number of hydrogen-bond acceptors (Lipinski definition) is 3. The van der Waals surface area contributed by atoms with Crippen molar-refractivity contribution in [3.63, 3.8) is 0 Å². The number of alkyl halides is 1. The Morgan fingerprint density at radius 1 is 1.33 bits per heavy atom. The fraction of sp³-hybridized carbons (Fsp3) is 0.714. The molecule has 1 aliphatic rings. The largest absolute Gasteiger partial charge is 0.362 e. The van der Waals surface area contributed by atoms with Gasteiger partial charge in [0.2, 0.25) is 0 Å². The third kappa shape index (κ3) is 2.19. The third-order valence-electron chi connectivity index (χ3n) is 1.57. The fourth-order valence-corrected chi connectivity index (χ4v) is 1.11. The summed E-state index contributed by atoms with van der Waals surface area (Å²) in [6, 6.07) is 0. The van der Waals surface area contributed by atoms with Crippen molar-refractivity contribution in [3.8, 4) is 0 Å². The first-order chi connectivity index (χ1) is 5.75. The number of halogens is 1. The van der Waals surface area contributed by atoms with Gasteiger partial charge in [0.25, 0.3) is 11.8 Å². The molecule has 0 unspecified atom stereocenters. The van der Waals surface area contributed by atoms with Crippen molar-refractivity contribution >= 4 is 23.4 Å². The summed E-state index contributed by atoms with van der Waals surface area (Å²) >= 11 is 5.44. The molecule has 1 saturated heterocycles. The third-order valence-corrected chi connectivity index (χ3v) is 1.84. The Morgan fingerprint density at radius 3 is 2.42 bits per heavy atom. The quantitative estimate of drug-likeness (QED) is 0.466. The maximum absolute atomic E-state index is 11.0. The molecule has 0 atom stereocenters. The van der Waals surface area contributed by atoms with Crippen LogP contribution in [0.2, 0.25) is 0 Å². The molecule has 1 aliphatic heterocycles. The molecule has 4 nitrogen and oxygen atoms in total. The zero-order valence-electron chi connectivity index (χ0n) is 6.59. The van der Waals surface area contributed by atoms with E-state index in [1.54, 1.807) is 0 Å². The molecule has 1 fully saturated rings. The van der Waals surface area contributed by atoms with Gasteiger partial charge in [-0.15, -0.1) is 11.6 Å². The number of carbonyl (C=O) groups excluding carboxylic acids is 2. The molecule has 0 N–H and O–H groups in total. The van der Waals surface area contributed by atoms with E-state index in [0.29, 0.717) is 18.8 Å². The Bertz CT molecular complexity index is 179. The summed E-state index contributed by atoms with van der Waals surface area (Å²) in [5.74, 6) is -0.0782. The number of ether oxygens (including phenoxy) is 1. The normalized spacial score (nSPS) is 18.6. The average Bonchev–Trinajstić information content (AvgIpc) is 2.04. The lowest BCUT2D eigenvalue weighted by Gasteiger charge is -2.24. The van der Waals surface area contributed by atoms with Crippen molar-refractivity contribution in [1.82, 2.24) is 4.90 Å². The highest BCUT2D eigenvalue weighted by Crippen LogP contribution is 2.02. The van der Waals surface area contributed by atoms with Gasteiger partial charge in [-0.2, -0.15) is 0 Å². The van der Waals surface area contributed by atoms with Crippen LogP contribution in [0.3, 0.4) is 0 Å². The number of hydrogen-bond donors (Lipinski definition) is 0. The van der Waals surface area contributed by atoms with E-state index in [2.05, 4.69) is 0 Å². The van der Waals surface area contributed by atoms with E-state index in [4.69, 9.17) is 16.3 Å². The van der Waals surface area contributed by atoms with Crippen molar-refractivity contribution in [2.24, 2.45) is 0 Å². The molecule has 0 bridgehead atoms. The Balaban J connectivity index is 2.45. The first kappa shape index (κ1) is 9.48. The van der Waals surface area contributed by atoms with E-state index >= 15 is 0 Å². The van der Waals surface area contributed by atoms with E-state index in [9.17, 15) is 9.59 Å². The fourth-order valence-electron chi connectivity index (χ4n) is 0.988. The lowest BCUT2D eigenvalue weighted by molar-refractivity contribution is -0.158. The highest BCUT2D eigenvalue weighted by atomic mass is 35.5. The van der Waals surface area contributed by atoms with Crippen molar-refractivity contribution in [1.29, 1.82) is 0 Å². The lowest BCUT2D eigenvalue weighted by Crippen LogP contribution is -2.46. The maximum Gasteiger partial charge on any atom is 0.255 e. The Morgan fingerprint density at radius 2 is 1.92 bits per heavy atom. The second-order valence-electron chi connectivity index (χ2n) is 2.47. The van der Waals surface area contributed by atoms with Crippen LogP contribution in [0, 0.1) is 0 Å². The van der Waals surface area contributed by atoms with Crippen molar-refractivity contribution in [2.75, 3.05) is 25.6 Å². The first-order valence-electron chi connectivity index (χ1n) is 3.72. The molecular weight excluding hydrogens is 182 g/mol. The lowest BCUT2D eigenvalue weighted by atomic mass is 10.3. The standard InChI is InChI=1S/C7H10ClNO3/c8-2-1-3-9-6(10)4-12-5-7(9)11/h1-5H2. The minimum absolute atomic E-state index is 0.00796. The molecule has 0 saturated carbocycles. The monoisotopic (exact) mass is 191 g/mol. The Labute approximate surface area is 75.4 Å². The molecule has 0 aromatic heterocycles. The van der Waals surface area contributed by atoms with Gasteiger partial charge >= 0.3 is 0 Å². The topological polar surface area (TPSA) is 46.6 Å². The van der Waals surface area contributed by atoms with Gasteiger partial charge in [0, 0.05) is 12.4 Å². The van der Waals surface area contributed by atoms with Crippen LogP contribution >= 0.6 is 11.6 Å². The summed E-state index contributed by atoms with van der Waals surface area (Å²) in [4.78, 5) is 23.3. The minimum atomic E-state index is -0.267. The maximum atomic E-state index is 11.0. The SMILES string of the molecule is O=C1COCC(=O)N1CCCCl. The van der Waals surface area contributed by atoms with Crippen LogP contribution in [-0.2, 0) is 14.3 Å². The second-order valence-corrected chi connectivity index (χ2v) is 2.85. The molecular formula is C7H10ClNO3. The summed E-state index contributed by atoms with van der Waals surface area (Å²) in [6.45, 7) is 0.423. The molecule has 12 heavy (non-hydrogen) atoms.